The molecule has 2 fully saturated rings. The first-order chi connectivity index (χ1) is 10.9. The van der Waals surface area contributed by atoms with Crippen LogP contribution in [-0.2, 0) is 0 Å². The first kappa shape index (κ1) is 14.5. The van der Waals surface area contributed by atoms with Crippen molar-refractivity contribution < 1.29 is 9.21 Å². The summed E-state index contributed by atoms with van der Waals surface area (Å²) in [6.07, 6.45) is 6.04. The lowest BCUT2D eigenvalue weighted by atomic mass is 10.1. The highest BCUT2D eigenvalue weighted by Crippen LogP contribution is 2.44. The molecule has 4 rings (SSSR count). The summed E-state index contributed by atoms with van der Waals surface area (Å²) < 4.78 is 5.69. The average molecular weight is 314 g/mol. The van der Waals surface area contributed by atoms with Gasteiger partial charge in [0, 0.05) is 12.1 Å². The maximum absolute atomic E-state index is 12.7. The first-order valence-corrected chi connectivity index (χ1v) is 8.20. The molecule has 2 aliphatic carbocycles. The second-order valence-electron chi connectivity index (χ2n) is 7.61. The first-order valence-electron chi connectivity index (χ1n) is 8.20. The summed E-state index contributed by atoms with van der Waals surface area (Å²) in [7, 11) is 0. The van der Waals surface area contributed by atoms with Crippen molar-refractivity contribution in [2.75, 3.05) is 11.9 Å². The molecule has 2 saturated carbocycles. The SMILES string of the molecule is Cc1oc2ncnc(NC3(C)CC3)c2c1C(=O)NCC1(C)CC1. The molecule has 23 heavy (non-hydrogen) atoms. The van der Waals surface area contributed by atoms with Crippen molar-refractivity contribution in [3.63, 3.8) is 0 Å². The van der Waals surface area contributed by atoms with Crippen LogP contribution in [0.5, 0.6) is 0 Å². The van der Waals surface area contributed by atoms with Crippen LogP contribution in [0.2, 0.25) is 0 Å². The van der Waals surface area contributed by atoms with E-state index in [2.05, 4.69) is 34.4 Å². The Morgan fingerprint density at radius 1 is 1.26 bits per heavy atom. The molecule has 0 spiro atoms. The van der Waals surface area contributed by atoms with E-state index in [1.165, 1.54) is 19.2 Å². The Hall–Kier alpha value is -2.11. The van der Waals surface area contributed by atoms with Crippen LogP contribution in [-0.4, -0.2) is 28.0 Å². The molecule has 122 valence electrons. The lowest BCUT2D eigenvalue weighted by Gasteiger charge is -2.14. The van der Waals surface area contributed by atoms with Gasteiger partial charge in [-0.25, -0.2) is 9.97 Å². The quantitative estimate of drug-likeness (QED) is 0.886. The third-order valence-electron chi connectivity index (χ3n) is 5.09. The fourth-order valence-electron chi connectivity index (χ4n) is 2.78. The minimum atomic E-state index is -0.104. The number of amides is 1. The highest BCUT2D eigenvalue weighted by Gasteiger charge is 2.39. The number of carbonyl (C=O) groups is 1. The van der Waals surface area contributed by atoms with Gasteiger partial charge in [0.15, 0.2) is 0 Å². The van der Waals surface area contributed by atoms with Gasteiger partial charge in [-0.15, -0.1) is 0 Å². The topological polar surface area (TPSA) is 80.1 Å². The molecule has 0 radical (unpaired) electrons. The number of furan rings is 1. The molecule has 2 N–H and O–H groups in total. The summed E-state index contributed by atoms with van der Waals surface area (Å²) in [4.78, 5) is 21.2. The third kappa shape index (κ3) is 2.66. The van der Waals surface area contributed by atoms with E-state index in [0.717, 1.165) is 12.8 Å². The van der Waals surface area contributed by atoms with Gasteiger partial charge in [-0.2, -0.15) is 0 Å². The largest absolute Gasteiger partial charge is 0.442 e. The molecule has 1 amide bonds. The van der Waals surface area contributed by atoms with Crippen molar-refractivity contribution in [3.8, 4) is 0 Å². The predicted octanol–water partition coefficient (Wildman–Crippen LogP) is 3.03. The van der Waals surface area contributed by atoms with E-state index in [-0.39, 0.29) is 16.9 Å². The smallest absolute Gasteiger partial charge is 0.255 e. The van der Waals surface area contributed by atoms with Gasteiger partial charge in [0.1, 0.15) is 17.9 Å². The van der Waals surface area contributed by atoms with Crippen LogP contribution in [0.15, 0.2) is 10.7 Å². The van der Waals surface area contributed by atoms with E-state index in [0.29, 0.717) is 34.8 Å². The molecule has 2 heterocycles. The van der Waals surface area contributed by atoms with Crippen LogP contribution in [0.3, 0.4) is 0 Å². The minimum Gasteiger partial charge on any atom is -0.442 e. The van der Waals surface area contributed by atoms with Crippen LogP contribution in [0.1, 0.15) is 55.6 Å². The summed E-state index contributed by atoms with van der Waals surface area (Å²) in [5.74, 6) is 1.17. The van der Waals surface area contributed by atoms with Crippen molar-refractivity contribution in [3.05, 3.63) is 17.7 Å². The standard InChI is InChI=1S/C17H22N4O2/c1-10-11(14(22)18-8-16(2)4-5-16)12-13(21-17(3)6-7-17)19-9-20-15(12)23-10/h9H,4-8H2,1-3H3,(H,18,22)(H,19,20,21). The molecule has 0 aromatic carbocycles. The van der Waals surface area contributed by atoms with Crippen LogP contribution < -0.4 is 10.6 Å². The second-order valence-corrected chi connectivity index (χ2v) is 7.61. The van der Waals surface area contributed by atoms with Crippen LogP contribution >= 0.6 is 0 Å². The molecular formula is C17H22N4O2. The Bertz CT molecular complexity index is 787. The van der Waals surface area contributed by atoms with Gasteiger partial charge in [0.25, 0.3) is 5.91 Å². The van der Waals surface area contributed by atoms with Crippen molar-refractivity contribution in [1.82, 2.24) is 15.3 Å². The highest BCUT2D eigenvalue weighted by atomic mass is 16.3. The zero-order chi connectivity index (χ0) is 16.2. The second kappa shape index (κ2) is 4.69. The van der Waals surface area contributed by atoms with Crippen molar-refractivity contribution in [2.45, 2.75) is 52.0 Å². The van der Waals surface area contributed by atoms with Gasteiger partial charge >= 0.3 is 0 Å². The summed E-state index contributed by atoms with van der Waals surface area (Å²) in [5.41, 5.74) is 1.35. The van der Waals surface area contributed by atoms with Gasteiger partial charge < -0.3 is 15.1 Å². The molecule has 2 aliphatic rings. The van der Waals surface area contributed by atoms with E-state index in [1.54, 1.807) is 6.92 Å². The zero-order valence-corrected chi connectivity index (χ0v) is 13.8. The van der Waals surface area contributed by atoms with E-state index in [4.69, 9.17) is 4.42 Å². The molecule has 6 nitrogen and oxygen atoms in total. The van der Waals surface area contributed by atoms with Crippen molar-refractivity contribution in [1.29, 1.82) is 0 Å². The monoisotopic (exact) mass is 314 g/mol. The summed E-state index contributed by atoms with van der Waals surface area (Å²) in [5, 5.41) is 7.17. The lowest BCUT2D eigenvalue weighted by molar-refractivity contribution is 0.0946. The molecule has 0 saturated heterocycles. The molecule has 6 heteroatoms. The van der Waals surface area contributed by atoms with Crippen molar-refractivity contribution in [2.24, 2.45) is 5.41 Å². The average Bonchev–Trinajstić information content (AvgIpc) is 3.38. The number of nitrogens with one attached hydrogen (secondary N) is 2. The van der Waals surface area contributed by atoms with Crippen molar-refractivity contribution >= 4 is 22.8 Å². The Balaban J connectivity index is 1.69. The molecule has 0 aliphatic heterocycles. The van der Waals surface area contributed by atoms with E-state index in [9.17, 15) is 4.79 Å². The summed E-state index contributed by atoms with van der Waals surface area (Å²) in [6, 6.07) is 0. The van der Waals surface area contributed by atoms with Gasteiger partial charge in [-0.05, 0) is 44.9 Å². The summed E-state index contributed by atoms with van der Waals surface area (Å²) >= 11 is 0. The van der Waals surface area contributed by atoms with Gasteiger partial charge in [0.2, 0.25) is 5.71 Å². The van der Waals surface area contributed by atoms with Gasteiger partial charge in [-0.1, -0.05) is 6.92 Å². The number of fused-ring (bicyclic) bond motifs is 1. The number of carbonyl (C=O) groups excluding carboxylic acids is 1. The number of hydrogen-bond acceptors (Lipinski definition) is 5. The normalized spacial score (nSPS) is 20.3. The minimum absolute atomic E-state index is 0.0711. The Kier molecular flexibility index (Phi) is 2.95. The van der Waals surface area contributed by atoms with E-state index >= 15 is 0 Å². The molecular weight excluding hydrogens is 292 g/mol. The zero-order valence-electron chi connectivity index (χ0n) is 13.8. The highest BCUT2D eigenvalue weighted by molar-refractivity contribution is 6.10. The van der Waals surface area contributed by atoms with Crippen LogP contribution in [0, 0.1) is 12.3 Å². The Morgan fingerprint density at radius 3 is 2.65 bits per heavy atom. The van der Waals surface area contributed by atoms with Gasteiger partial charge in [0.05, 0.1) is 10.9 Å². The molecule has 0 bridgehead atoms. The third-order valence-corrected chi connectivity index (χ3v) is 5.09. The van der Waals surface area contributed by atoms with Crippen LogP contribution in [0.4, 0.5) is 5.82 Å². The number of rotatable bonds is 5. The fourth-order valence-corrected chi connectivity index (χ4v) is 2.78. The van der Waals surface area contributed by atoms with Gasteiger partial charge in [-0.3, -0.25) is 4.79 Å². The van der Waals surface area contributed by atoms with Crippen LogP contribution in [0.25, 0.3) is 11.1 Å². The number of anilines is 1. The molecule has 2 aromatic heterocycles. The molecule has 0 unspecified atom stereocenters. The van der Waals surface area contributed by atoms with E-state index < -0.39 is 0 Å². The fraction of sp³-hybridized carbons (Fsp3) is 0.588. The van der Waals surface area contributed by atoms with E-state index in [1.807, 2.05) is 0 Å². The Labute approximate surface area is 135 Å². The number of hydrogen-bond donors (Lipinski definition) is 2. The molecule has 2 aromatic rings. The molecule has 0 atom stereocenters. The lowest BCUT2D eigenvalue weighted by Crippen LogP contribution is -2.29. The predicted molar refractivity (Wildman–Crippen MR) is 87.5 cm³/mol. The number of aryl methyl sites for hydroxylation is 1. The maximum Gasteiger partial charge on any atom is 0.255 e. The number of nitrogens with zero attached hydrogens (tertiary/aromatic N) is 2. The Morgan fingerprint density at radius 2 is 2.00 bits per heavy atom. The summed E-state index contributed by atoms with van der Waals surface area (Å²) in [6.45, 7) is 6.85. The number of aromatic nitrogens is 2. The maximum atomic E-state index is 12.7.